The van der Waals surface area contributed by atoms with Crippen molar-refractivity contribution in [3.8, 4) is 17.6 Å². The molecule has 1 aliphatic rings. The van der Waals surface area contributed by atoms with Crippen LogP contribution in [-0.2, 0) is 4.74 Å². The van der Waals surface area contributed by atoms with E-state index in [0.29, 0.717) is 29.8 Å². The molecule has 0 atom stereocenters. The minimum Gasteiger partial charge on any atom is -0.493 e. The van der Waals surface area contributed by atoms with Crippen LogP contribution in [0, 0.1) is 11.3 Å². The monoisotopic (exact) mass is 398 g/mol. The normalized spacial score (nSPS) is 14.7. The molecular formula is C21H26N4O4. The molecule has 154 valence electrons. The Balaban J connectivity index is 1.57. The first-order valence-corrected chi connectivity index (χ1v) is 9.58. The smallest absolute Gasteiger partial charge is 0.232 e. The number of aromatic nitrogens is 1. The van der Waals surface area contributed by atoms with E-state index in [2.05, 4.69) is 21.3 Å². The van der Waals surface area contributed by atoms with Crippen molar-refractivity contribution in [2.45, 2.75) is 6.42 Å². The third-order valence-electron chi connectivity index (χ3n) is 4.62. The average molecular weight is 398 g/mol. The standard InChI is InChI=1S/C21H26N4O4/c1-26-18-6-4-16(14-19(18)27-2)5-7-20-24-17(15-22)21(29-20)23-8-3-9-25-10-12-28-13-11-25/h4-7,14,23H,3,8-13H2,1-2H3/b7-5+. The van der Waals surface area contributed by atoms with Crippen molar-refractivity contribution in [1.29, 1.82) is 5.26 Å². The van der Waals surface area contributed by atoms with Gasteiger partial charge in [0.15, 0.2) is 11.5 Å². The summed E-state index contributed by atoms with van der Waals surface area (Å²) in [4.78, 5) is 6.60. The number of hydrogen-bond donors (Lipinski definition) is 1. The number of benzene rings is 1. The van der Waals surface area contributed by atoms with E-state index in [0.717, 1.165) is 44.8 Å². The van der Waals surface area contributed by atoms with Gasteiger partial charge in [-0.15, -0.1) is 0 Å². The second kappa shape index (κ2) is 10.5. The van der Waals surface area contributed by atoms with Crippen molar-refractivity contribution in [1.82, 2.24) is 9.88 Å². The van der Waals surface area contributed by atoms with Crippen LogP contribution in [-0.4, -0.2) is 63.5 Å². The molecule has 8 nitrogen and oxygen atoms in total. The molecule has 1 aromatic heterocycles. The number of morpholine rings is 1. The summed E-state index contributed by atoms with van der Waals surface area (Å²) in [5.41, 5.74) is 1.16. The van der Waals surface area contributed by atoms with Gasteiger partial charge in [-0.05, 0) is 36.7 Å². The highest BCUT2D eigenvalue weighted by molar-refractivity contribution is 5.68. The number of nitrogens with zero attached hydrogens (tertiary/aromatic N) is 3. The minimum absolute atomic E-state index is 0.253. The van der Waals surface area contributed by atoms with Gasteiger partial charge in [-0.2, -0.15) is 10.2 Å². The molecule has 1 saturated heterocycles. The van der Waals surface area contributed by atoms with E-state index in [4.69, 9.17) is 18.6 Å². The highest BCUT2D eigenvalue weighted by Gasteiger charge is 2.12. The van der Waals surface area contributed by atoms with Crippen LogP contribution in [0.3, 0.4) is 0 Å². The molecule has 2 aromatic rings. The Morgan fingerprint density at radius 3 is 2.72 bits per heavy atom. The summed E-state index contributed by atoms with van der Waals surface area (Å²) < 4.78 is 21.6. The first-order valence-electron chi connectivity index (χ1n) is 9.58. The molecule has 3 rings (SSSR count). The number of hydrogen-bond acceptors (Lipinski definition) is 8. The Bertz CT molecular complexity index is 866. The highest BCUT2D eigenvalue weighted by Crippen LogP contribution is 2.28. The van der Waals surface area contributed by atoms with Crippen LogP contribution in [0.4, 0.5) is 5.88 Å². The van der Waals surface area contributed by atoms with E-state index in [1.54, 1.807) is 20.3 Å². The lowest BCUT2D eigenvalue weighted by Crippen LogP contribution is -2.37. The van der Waals surface area contributed by atoms with Gasteiger partial charge in [0.25, 0.3) is 0 Å². The number of nitrogens with one attached hydrogen (secondary N) is 1. The zero-order valence-electron chi connectivity index (χ0n) is 16.8. The van der Waals surface area contributed by atoms with Crippen LogP contribution < -0.4 is 14.8 Å². The Morgan fingerprint density at radius 1 is 1.21 bits per heavy atom. The zero-order chi connectivity index (χ0) is 20.5. The van der Waals surface area contributed by atoms with Gasteiger partial charge in [0.05, 0.1) is 27.4 Å². The number of methoxy groups -OCH3 is 2. The Kier molecular flexibility index (Phi) is 7.50. The summed E-state index contributed by atoms with van der Waals surface area (Å²) in [7, 11) is 3.19. The van der Waals surface area contributed by atoms with Gasteiger partial charge < -0.3 is 23.9 Å². The Labute approximate surface area is 170 Å². The fraction of sp³-hybridized carbons (Fsp3) is 0.429. The third-order valence-corrected chi connectivity index (χ3v) is 4.62. The van der Waals surface area contributed by atoms with Crippen molar-refractivity contribution < 1.29 is 18.6 Å². The van der Waals surface area contributed by atoms with E-state index in [1.807, 2.05) is 24.3 Å². The molecule has 0 unspecified atom stereocenters. The molecule has 8 heteroatoms. The Morgan fingerprint density at radius 2 is 2.00 bits per heavy atom. The molecule has 1 aliphatic heterocycles. The SMILES string of the molecule is COc1ccc(/C=C/c2nc(C#N)c(NCCCN3CCOCC3)o2)cc1OC. The summed E-state index contributed by atoms with van der Waals surface area (Å²) in [5, 5.41) is 12.5. The second-order valence-electron chi connectivity index (χ2n) is 6.52. The second-order valence-corrected chi connectivity index (χ2v) is 6.52. The molecule has 1 N–H and O–H groups in total. The molecule has 1 aromatic carbocycles. The largest absolute Gasteiger partial charge is 0.493 e. The van der Waals surface area contributed by atoms with Gasteiger partial charge in [-0.1, -0.05) is 6.07 Å². The van der Waals surface area contributed by atoms with Crippen molar-refractivity contribution in [3.63, 3.8) is 0 Å². The third kappa shape index (κ3) is 5.73. The first-order chi connectivity index (χ1) is 14.2. The molecule has 29 heavy (non-hydrogen) atoms. The predicted octanol–water partition coefficient (Wildman–Crippen LogP) is 2.87. The van der Waals surface area contributed by atoms with Crippen molar-refractivity contribution in [2.24, 2.45) is 0 Å². The first kappa shape index (κ1) is 20.7. The van der Waals surface area contributed by atoms with E-state index in [9.17, 15) is 5.26 Å². The van der Waals surface area contributed by atoms with Crippen LogP contribution in [0.5, 0.6) is 11.5 Å². The fourth-order valence-corrected chi connectivity index (χ4v) is 3.06. The molecule has 1 fully saturated rings. The maximum atomic E-state index is 9.31. The molecule has 0 aliphatic carbocycles. The topological polar surface area (TPSA) is 92.8 Å². The number of rotatable bonds is 9. The maximum absolute atomic E-state index is 9.31. The van der Waals surface area contributed by atoms with Crippen LogP contribution >= 0.6 is 0 Å². The van der Waals surface area contributed by atoms with Gasteiger partial charge in [-0.25, -0.2) is 0 Å². The Hall–Kier alpha value is -3.02. The number of ether oxygens (including phenoxy) is 3. The highest BCUT2D eigenvalue weighted by atomic mass is 16.5. The maximum Gasteiger partial charge on any atom is 0.232 e. The molecule has 0 spiro atoms. The summed E-state index contributed by atoms with van der Waals surface area (Å²) in [6, 6.07) is 7.66. The molecule has 0 amide bonds. The minimum atomic E-state index is 0.253. The summed E-state index contributed by atoms with van der Waals surface area (Å²) in [6.07, 6.45) is 4.51. The lowest BCUT2D eigenvalue weighted by atomic mass is 10.2. The van der Waals surface area contributed by atoms with Crippen LogP contribution in [0.15, 0.2) is 22.6 Å². The lowest BCUT2D eigenvalue weighted by molar-refractivity contribution is 0.0378. The van der Waals surface area contributed by atoms with Gasteiger partial charge >= 0.3 is 0 Å². The predicted molar refractivity (Wildman–Crippen MR) is 110 cm³/mol. The fourth-order valence-electron chi connectivity index (χ4n) is 3.06. The molecule has 0 radical (unpaired) electrons. The quantitative estimate of drug-likeness (QED) is 0.645. The van der Waals surface area contributed by atoms with Crippen molar-refractivity contribution in [2.75, 3.05) is 58.9 Å². The van der Waals surface area contributed by atoms with Gasteiger partial charge in [0.2, 0.25) is 17.5 Å². The molecule has 0 bridgehead atoms. The van der Waals surface area contributed by atoms with Gasteiger partial charge in [0.1, 0.15) is 6.07 Å². The van der Waals surface area contributed by atoms with Crippen LogP contribution in [0.2, 0.25) is 0 Å². The average Bonchev–Trinajstić information content (AvgIpc) is 3.18. The summed E-state index contributed by atoms with van der Waals surface area (Å²) in [5.74, 6) is 2.08. The number of nitriles is 1. The van der Waals surface area contributed by atoms with Crippen molar-refractivity contribution in [3.05, 3.63) is 35.3 Å². The van der Waals surface area contributed by atoms with Gasteiger partial charge in [-0.3, -0.25) is 4.90 Å². The van der Waals surface area contributed by atoms with E-state index in [1.165, 1.54) is 0 Å². The zero-order valence-corrected chi connectivity index (χ0v) is 16.8. The number of anilines is 1. The van der Waals surface area contributed by atoms with Gasteiger partial charge in [0, 0.05) is 25.7 Å². The molecule has 0 saturated carbocycles. The summed E-state index contributed by atoms with van der Waals surface area (Å²) >= 11 is 0. The van der Waals surface area contributed by atoms with Crippen LogP contribution in [0.25, 0.3) is 12.2 Å². The number of oxazole rings is 1. The summed E-state index contributed by atoms with van der Waals surface area (Å²) in [6.45, 7) is 5.22. The lowest BCUT2D eigenvalue weighted by Gasteiger charge is -2.26. The van der Waals surface area contributed by atoms with Crippen molar-refractivity contribution >= 4 is 18.0 Å². The van der Waals surface area contributed by atoms with E-state index in [-0.39, 0.29) is 5.69 Å². The molecular weight excluding hydrogens is 372 g/mol. The van der Waals surface area contributed by atoms with E-state index >= 15 is 0 Å². The van der Waals surface area contributed by atoms with E-state index < -0.39 is 0 Å². The van der Waals surface area contributed by atoms with Crippen LogP contribution in [0.1, 0.15) is 23.6 Å². The molecule has 2 heterocycles.